The predicted octanol–water partition coefficient (Wildman–Crippen LogP) is 1.05. The summed E-state index contributed by atoms with van der Waals surface area (Å²) < 4.78 is 17.0. The van der Waals surface area contributed by atoms with Gasteiger partial charge in [0.25, 0.3) is 0 Å². The van der Waals surface area contributed by atoms with Crippen molar-refractivity contribution in [3.05, 3.63) is 0 Å². The van der Waals surface area contributed by atoms with Crippen LogP contribution >= 0.6 is 17.0 Å². The van der Waals surface area contributed by atoms with E-state index in [4.69, 9.17) is 6.65 Å². The van der Waals surface area contributed by atoms with Crippen molar-refractivity contribution < 1.29 is 62.8 Å². The van der Waals surface area contributed by atoms with E-state index in [2.05, 4.69) is 0 Å². The molecule has 0 saturated heterocycles. The summed E-state index contributed by atoms with van der Waals surface area (Å²) in [5.74, 6) is 0. The van der Waals surface area contributed by atoms with Crippen LogP contribution in [0.15, 0.2) is 0 Å². The van der Waals surface area contributed by atoms with Gasteiger partial charge in [0.05, 0.1) is 0 Å². The summed E-state index contributed by atoms with van der Waals surface area (Å²) in [6.07, 6.45) is 0. The van der Waals surface area contributed by atoms with Gasteiger partial charge in [0.1, 0.15) is 0 Å². The molecule has 0 radical (unpaired) electrons. The summed E-state index contributed by atoms with van der Waals surface area (Å²) in [4.78, 5) is 0. The molecule has 0 heterocycles. The Hall–Kier alpha value is 2.39. The van der Waals surface area contributed by atoms with Crippen molar-refractivity contribution in [1.29, 1.82) is 0 Å². The van der Waals surface area contributed by atoms with Crippen LogP contribution in [-0.2, 0) is 62.8 Å². The Morgan fingerprint density at radius 2 is 1.29 bits per heavy atom. The van der Waals surface area contributed by atoms with Gasteiger partial charge in [0.2, 0.25) is 0 Å². The van der Waals surface area contributed by atoms with Gasteiger partial charge in [-0.25, -0.2) is 0 Å². The second kappa shape index (κ2) is 15.8. The molecule has 0 aliphatic rings. The Balaban J connectivity index is 0. The molecule has 0 aliphatic carbocycles. The summed E-state index contributed by atoms with van der Waals surface area (Å²) in [5, 5.41) is 0. The van der Waals surface area contributed by atoms with Crippen molar-refractivity contribution in [2.75, 3.05) is 0 Å². The van der Waals surface area contributed by atoms with Crippen LogP contribution < -0.4 is 0 Å². The van der Waals surface area contributed by atoms with E-state index in [1.165, 1.54) is 0 Å². The van der Waals surface area contributed by atoms with Crippen molar-refractivity contribution in [2.45, 2.75) is 0 Å². The Kier molecular flexibility index (Phi) is 27.3. The van der Waals surface area contributed by atoms with Gasteiger partial charge in [-0.2, -0.15) is 0 Å². The van der Waals surface area contributed by atoms with E-state index in [9.17, 15) is 0 Å². The Morgan fingerprint density at radius 3 is 1.29 bits per heavy atom. The fraction of sp³-hybridized carbons (Fsp3) is 0. The first-order valence-electron chi connectivity index (χ1n) is 0.908. The molecule has 0 aromatic rings. The average Bonchev–Trinajstić information content (AvgIpc) is 1.69. The fourth-order valence-corrected chi connectivity index (χ4v) is 0. The summed E-state index contributed by atoms with van der Waals surface area (Å²) in [6, 6.07) is 0. The van der Waals surface area contributed by atoms with E-state index in [0.29, 0.717) is 0 Å². The van der Waals surface area contributed by atoms with Gasteiger partial charge in [0, 0.05) is 0 Å². The van der Waals surface area contributed by atoms with Crippen LogP contribution in [0.3, 0.4) is 0 Å². The van der Waals surface area contributed by atoms with Gasteiger partial charge < -0.3 is 0 Å². The second-order valence-corrected chi connectivity index (χ2v) is 7.59. The maximum absolute atomic E-state index is 8.50. The quantitative estimate of drug-likeness (QED) is 0.530. The first-order chi connectivity index (χ1) is 3.33. The van der Waals surface area contributed by atoms with Gasteiger partial charge in [-0.15, -0.1) is 0 Å². The first-order valence-corrected chi connectivity index (χ1v) is 9.10. The molecule has 0 atom stereocenters. The molecule has 7 heavy (non-hydrogen) atoms. The third-order valence-electron chi connectivity index (χ3n) is 0.0278. The van der Waals surface area contributed by atoms with Gasteiger partial charge in [-0.05, 0) is 0 Å². The topological polar surface area (TPSA) is 34.1 Å². The Labute approximate surface area is 78.5 Å². The van der Waals surface area contributed by atoms with Crippen LogP contribution in [-0.4, -0.2) is 0 Å². The van der Waals surface area contributed by atoms with Gasteiger partial charge >= 0.3 is 79.8 Å². The van der Waals surface area contributed by atoms with E-state index in [1.807, 2.05) is 37.1 Å². The number of hydrogen-bond acceptors (Lipinski definition) is 4. The minimum atomic E-state index is -2.00. The molecule has 0 spiro atoms. The molecule has 2 nitrogen and oxygen atoms in total. The third-order valence-corrected chi connectivity index (χ3v) is 8.75. The first kappa shape index (κ1) is 12.1. The van der Waals surface area contributed by atoms with Crippen LogP contribution in [0.5, 0.6) is 0 Å². The van der Waals surface area contributed by atoms with Crippen LogP contribution in [0, 0.1) is 0 Å². The molecule has 0 saturated carbocycles. The zero-order valence-electron chi connectivity index (χ0n) is 2.95. The molecule has 0 rings (SSSR count). The Morgan fingerprint density at radius 1 is 1.14 bits per heavy atom. The maximum atomic E-state index is 8.50. The molecule has 7 heteroatoms. The molecule has 0 amide bonds. The van der Waals surface area contributed by atoms with Crippen LogP contribution in [0.2, 0.25) is 0 Å². The summed E-state index contributed by atoms with van der Waals surface area (Å²) in [5.41, 5.74) is 0. The fourth-order valence-electron chi connectivity index (χ4n) is 0. The van der Waals surface area contributed by atoms with Crippen molar-refractivity contribution >= 4 is 17.0 Å². The number of rotatable bonds is 1. The molecule has 0 unspecified atom stereocenters. The van der Waals surface area contributed by atoms with Crippen molar-refractivity contribution in [1.82, 2.24) is 0 Å². The molecule has 0 aromatic heterocycles. The molecule has 0 N–H and O–H groups in total. The molecule has 0 aliphatic heterocycles. The van der Waals surface area contributed by atoms with Crippen LogP contribution in [0.25, 0.3) is 0 Å². The van der Waals surface area contributed by atoms with Gasteiger partial charge in [-0.1, -0.05) is 0 Å². The van der Waals surface area contributed by atoms with Gasteiger partial charge in [-0.3, -0.25) is 0 Å². The average molecular weight is 336 g/mol. The summed E-state index contributed by atoms with van der Waals surface area (Å²) in [6.45, 7) is 0. The molecular weight excluding hydrogens is 336 g/mol. The van der Waals surface area contributed by atoms with E-state index < -0.39 is 19.1 Å². The minimum absolute atomic E-state index is 1.79. The van der Waals surface area contributed by atoms with Crippen molar-refractivity contribution in [3.63, 3.8) is 0 Å². The summed E-state index contributed by atoms with van der Waals surface area (Å²) >= 11 is 2.01. The van der Waals surface area contributed by atoms with E-state index >= 15 is 0 Å². The van der Waals surface area contributed by atoms with Gasteiger partial charge in [0.15, 0.2) is 0 Å². The zero-order valence-corrected chi connectivity index (χ0v) is 10.2. The molecule has 0 fully saturated rings. The number of hydrogen-bond donors (Lipinski definition) is 0. The Bertz CT molecular complexity index is 49.7. The zero-order chi connectivity index (χ0) is 6.12. The van der Waals surface area contributed by atoms with Crippen LogP contribution in [0.4, 0.5) is 0 Å². The molecule has 0 aromatic carbocycles. The SMILES string of the molecule is [Mo][S][S][Mo].[O]=[Ti]=[O]. The second-order valence-electron chi connectivity index (χ2n) is 0.219. The van der Waals surface area contributed by atoms with E-state index in [-0.39, 0.29) is 0 Å². The molecule has 40 valence electrons. The predicted molar refractivity (Wildman–Crippen MR) is 16.6 cm³/mol. The van der Waals surface area contributed by atoms with Crippen molar-refractivity contribution in [3.8, 4) is 0 Å². The van der Waals surface area contributed by atoms with Crippen molar-refractivity contribution in [2.24, 2.45) is 0 Å². The molecule has 0 bridgehead atoms. The normalized spacial score (nSPS) is 5.14. The summed E-state index contributed by atoms with van der Waals surface area (Å²) in [7, 11) is 3.58. The monoisotopic (exact) mass is 340 g/mol. The van der Waals surface area contributed by atoms with E-state index in [0.717, 1.165) is 0 Å². The van der Waals surface area contributed by atoms with E-state index in [1.54, 1.807) is 17.0 Å². The van der Waals surface area contributed by atoms with Crippen LogP contribution in [0.1, 0.15) is 0 Å². The standard InChI is InChI=1S/2Mo.2O.S2.Ti/c;;;;1-2;/q2*+1;;;-2;. The third kappa shape index (κ3) is 29.8. The molecular formula is Mo2O2S2Ti.